The lowest BCUT2D eigenvalue weighted by Gasteiger charge is -2.56. The van der Waals surface area contributed by atoms with Gasteiger partial charge >= 0.3 is 6.16 Å². The molecule has 1 spiro atoms. The number of carbonyl (C=O) groups excluding carboxylic acids is 1. The largest absolute Gasteiger partial charge is 0.509 e. The first kappa shape index (κ1) is 20.4. The van der Waals surface area contributed by atoms with Crippen molar-refractivity contribution in [1.29, 1.82) is 0 Å². The molecule has 6 rings (SSSR count). The molecule has 5 atom stereocenters. The molecule has 2 bridgehead atoms. The molecule has 1 N–H and O–H groups in total. The Balaban J connectivity index is 1.25. The third-order valence-corrected chi connectivity index (χ3v) is 8.35. The zero-order valence-corrected chi connectivity index (χ0v) is 18.5. The zero-order valence-electron chi connectivity index (χ0n) is 18.5. The van der Waals surface area contributed by atoms with Crippen molar-refractivity contribution in [3.63, 3.8) is 0 Å². The van der Waals surface area contributed by atoms with Crippen LogP contribution in [0.4, 0.5) is 4.79 Å². The summed E-state index contributed by atoms with van der Waals surface area (Å²) in [5.74, 6) is 1.71. The lowest BCUT2D eigenvalue weighted by molar-refractivity contribution is -0.0836. The fourth-order valence-electron chi connectivity index (χ4n) is 6.93. The van der Waals surface area contributed by atoms with Crippen molar-refractivity contribution in [2.45, 2.75) is 74.7 Å². The maximum atomic E-state index is 12.3. The third-order valence-electron chi connectivity index (χ3n) is 8.35. The van der Waals surface area contributed by atoms with E-state index in [9.17, 15) is 9.90 Å². The molecule has 1 saturated carbocycles. The molecule has 1 aromatic rings. The normalized spacial score (nSPS) is 35.1. The first-order valence-corrected chi connectivity index (χ1v) is 11.9. The average molecular weight is 442 g/mol. The van der Waals surface area contributed by atoms with Crippen LogP contribution in [-0.4, -0.2) is 60.9 Å². The Hall–Kier alpha value is -2.25. The number of hydrogen-bond acceptors (Lipinski definition) is 7. The van der Waals surface area contributed by atoms with E-state index >= 15 is 0 Å². The summed E-state index contributed by atoms with van der Waals surface area (Å²) in [6.45, 7) is 0.997. The van der Waals surface area contributed by atoms with Gasteiger partial charge in [-0.15, -0.1) is 0 Å². The molecule has 3 aliphatic carbocycles. The van der Waals surface area contributed by atoms with Crippen molar-refractivity contribution < 1.29 is 28.8 Å². The Kier molecular flexibility index (Phi) is 4.88. The summed E-state index contributed by atoms with van der Waals surface area (Å²) < 4.78 is 23.1. The molecule has 7 heteroatoms. The molecule has 1 aromatic carbocycles. The SMILES string of the molecule is COc1ccc2c3c1O[C@H]1[C@@H](O)C=C[C@H]4C(C2)N(COC(=O)OC2CCCCC2)CCC341. The molecule has 1 saturated heterocycles. The van der Waals surface area contributed by atoms with Crippen LogP contribution in [0, 0.1) is 5.92 Å². The van der Waals surface area contributed by atoms with E-state index in [-0.39, 0.29) is 36.3 Å². The van der Waals surface area contributed by atoms with Crippen molar-refractivity contribution >= 4 is 6.16 Å². The van der Waals surface area contributed by atoms with Crippen LogP contribution in [0.5, 0.6) is 11.5 Å². The molecule has 0 aromatic heterocycles. The summed E-state index contributed by atoms with van der Waals surface area (Å²) in [6, 6.07) is 4.26. The van der Waals surface area contributed by atoms with Gasteiger partial charge in [-0.25, -0.2) is 4.79 Å². The van der Waals surface area contributed by atoms with Gasteiger partial charge in [-0.1, -0.05) is 24.6 Å². The Morgan fingerprint density at radius 3 is 2.91 bits per heavy atom. The summed E-state index contributed by atoms with van der Waals surface area (Å²) in [7, 11) is 1.66. The predicted octanol–water partition coefficient (Wildman–Crippen LogP) is 3.31. The van der Waals surface area contributed by atoms with Gasteiger partial charge < -0.3 is 24.1 Å². The van der Waals surface area contributed by atoms with Crippen molar-refractivity contribution in [3.8, 4) is 11.5 Å². The van der Waals surface area contributed by atoms with Gasteiger partial charge in [0.2, 0.25) is 0 Å². The number of aliphatic hydroxyl groups excluding tert-OH is 1. The molecule has 2 fully saturated rings. The molecule has 172 valence electrons. The highest BCUT2D eigenvalue weighted by molar-refractivity contribution is 5.62. The second kappa shape index (κ2) is 7.66. The number of carbonyl (C=O) groups is 1. The Morgan fingerprint density at radius 1 is 1.25 bits per heavy atom. The quantitative estimate of drug-likeness (QED) is 0.567. The Labute approximate surface area is 188 Å². The van der Waals surface area contributed by atoms with Crippen molar-refractivity contribution in [3.05, 3.63) is 35.4 Å². The van der Waals surface area contributed by atoms with Gasteiger partial charge in [0, 0.05) is 29.5 Å². The number of aliphatic hydroxyl groups is 1. The topological polar surface area (TPSA) is 77.5 Å². The molecule has 2 unspecified atom stereocenters. The lowest BCUT2D eigenvalue weighted by atomic mass is 9.53. The lowest BCUT2D eigenvalue weighted by Crippen LogP contribution is -2.65. The van der Waals surface area contributed by atoms with Gasteiger partial charge in [0.1, 0.15) is 25.0 Å². The fraction of sp³-hybridized carbons (Fsp3) is 0.640. The number of nitrogens with zero attached hydrogens (tertiary/aromatic N) is 1. The van der Waals surface area contributed by atoms with Crippen molar-refractivity contribution in [1.82, 2.24) is 4.90 Å². The van der Waals surface area contributed by atoms with Crippen LogP contribution >= 0.6 is 0 Å². The molecule has 7 nitrogen and oxygen atoms in total. The number of ether oxygens (including phenoxy) is 4. The highest BCUT2D eigenvalue weighted by Gasteiger charge is 2.64. The van der Waals surface area contributed by atoms with Crippen LogP contribution in [0.15, 0.2) is 24.3 Å². The zero-order chi connectivity index (χ0) is 21.9. The van der Waals surface area contributed by atoms with Crippen LogP contribution in [0.2, 0.25) is 0 Å². The number of likely N-dealkylation sites (tertiary alicyclic amines) is 1. The molecule has 0 amide bonds. The van der Waals surface area contributed by atoms with E-state index in [2.05, 4.69) is 17.0 Å². The van der Waals surface area contributed by atoms with Gasteiger partial charge in [-0.3, -0.25) is 4.90 Å². The summed E-state index contributed by atoms with van der Waals surface area (Å²) in [6.07, 6.45) is 9.48. The summed E-state index contributed by atoms with van der Waals surface area (Å²) in [5.41, 5.74) is 2.18. The number of rotatable bonds is 4. The Morgan fingerprint density at radius 2 is 2.09 bits per heavy atom. The van der Waals surface area contributed by atoms with Crippen molar-refractivity contribution in [2.24, 2.45) is 5.92 Å². The standard InChI is InChI=1S/C25H31NO6/c1-29-20-10-7-15-13-18-17-8-9-19(27)23-25(17,21(15)22(20)32-23)11-12-26(18)14-30-24(28)31-16-5-3-2-4-6-16/h7-10,16-19,23,27H,2-6,11-14H2,1H3/t17-,18?,19-,23-,25?/m0/s1. The smallest absolute Gasteiger partial charge is 0.493 e. The monoisotopic (exact) mass is 441 g/mol. The van der Waals surface area contributed by atoms with E-state index in [0.717, 1.165) is 56.6 Å². The number of hydrogen-bond donors (Lipinski definition) is 1. The third kappa shape index (κ3) is 2.90. The maximum Gasteiger partial charge on any atom is 0.509 e. The second-order valence-corrected chi connectivity index (χ2v) is 9.85. The number of benzene rings is 1. The van der Waals surface area contributed by atoms with Crippen LogP contribution < -0.4 is 9.47 Å². The molecular formula is C25H31NO6. The Bertz CT molecular complexity index is 941. The molecule has 32 heavy (non-hydrogen) atoms. The van der Waals surface area contributed by atoms with Crippen LogP contribution in [-0.2, 0) is 21.3 Å². The summed E-state index contributed by atoms with van der Waals surface area (Å²) in [5, 5.41) is 10.8. The van der Waals surface area contributed by atoms with Gasteiger partial charge in [0.05, 0.1) is 7.11 Å². The molecule has 2 aliphatic heterocycles. The number of methoxy groups -OCH3 is 1. The van der Waals surface area contributed by atoms with E-state index in [1.165, 1.54) is 17.5 Å². The number of piperidine rings is 1. The van der Waals surface area contributed by atoms with E-state index < -0.39 is 12.3 Å². The fourth-order valence-corrected chi connectivity index (χ4v) is 6.93. The summed E-state index contributed by atoms with van der Waals surface area (Å²) >= 11 is 0. The highest BCUT2D eigenvalue weighted by atomic mass is 16.7. The first-order valence-electron chi connectivity index (χ1n) is 11.9. The molecule has 2 heterocycles. The van der Waals surface area contributed by atoms with Gasteiger partial charge in [0.15, 0.2) is 11.5 Å². The summed E-state index contributed by atoms with van der Waals surface area (Å²) in [4.78, 5) is 14.6. The van der Waals surface area contributed by atoms with Crippen LogP contribution in [0.3, 0.4) is 0 Å². The van der Waals surface area contributed by atoms with Crippen LogP contribution in [0.1, 0.15) is 49.7 Å². The van der Waals surface area contributed by atoms with Gasteiger partial charge in [0.25, 0.3) is 0 Å². The molecule has 0 radical (unpaired) electrons. The highest BCUT2D eigenvalue weighted by Crippen LogP contribution is 2.62. The second-order valence-electron chi connectivity index (χ2n) is 9.85. The van der Waals surface area contributed by atoms with Gasteiger partial charge in [-0.05, 0) is 50.2 Å². The predicted molar refractivity (Wildman–Crippen MR) is 116 cm³/mol. The van der Waals surface area contributed by atoms with Gasteiger partial charge in [-0.2, -0.15) is 0 Å². The minimum atomic E-state index is -0.650. The minimum absolute atomic E-state index is 0.00463. The molecule has 5 aliphatic rings. The van der Waals surface area contributed by atoms with E-state index in [1.807, 2.05) is 12.1 Å². The van der Waals surface area contributed by atoms with Crippen LogP contribution in [0.25, 0.3) is 0 Å². The van der Waals surface area contributed by atoms with E-state index in [0.29, 0.717) is 0 Å². The molecular weight excluding hydrogens is 410 g/mol. The van der Waals surface area contributed by atoms with E-state index in [1.54, 1.807) is 7.11 Å². The average Bonchev–Trinajstić information content (AvgIpc) is 3.15. The van der Waals surface area contributed by atoms with E-state index in [4.69, 9.17) is 18.9 Å². The first-order chi connectivity index (χ1) is 15.6. The van der Waals surface area contributed by atoms with Crippen molar-refractivity contribution in [2.75, 3.05) is 20.4 Å². The minimum Gasteiger partial charge on any atom is -0.493 e. The maximum absolute atomic E-state index is 12.3.